The average molecular weight is 420 g/mol. The average Bonchev–Trinajstić information content (AvgIpc) is 3.09. The fourth-order valence-electron chi connectivity index (χ4n) is 3.39. The highest BCUT2D eigenvalue weighted by Crippen LogP contribution is 2.22. The molecule has 0 bridgehead atoms. The summed E-state index contributed by atoms with van der Waals surface area (Å²) in [5.74, 6) is 0.335. The molecule has 6 nitrogen and oxygen atoms in total. The predicted molar refractivity (Wildman–Crippen MR) is 117 cm³/mol. The minimum atomic E-state index is -3.44. The van der Waals surface area contributed by atoms with Crippen molar-refractivity contribution in [2.45, 2.75) is 11.8 Å². The number of carbonyl (C=O) groups excluding carboxylic acids is 1. The van der Waals surface area contributed by atoms with Gasteiger partial charge in [0, 0.05) is 17.8 Å². The zero-order valence-electron chi connectivity index (χ0n) is 16.4. The topological polar surface area (TPSA) is 81.1 Å². The second-order valence-corrected chi connectivity index (χ2v) is 9.03. The lowest BCUT2D eigenvalue weighted by atomic mass is 10.2. The molecule has 0 aliphatic heterocycles. The molecule has 0 radical (unpaired) electrons. The Labute approximate surface area is 175 Å². The van der Waals surface area contributed by atoms with Gasteiger partial charge in [0.05, 0.1) is 21.7 Å². The van der Waals surface area contributed by atoms with Crippen LogP contribution in [0.2, 0.25) is 0 Å². The number of aryl methyl sites for hydroxylation is 1. The van der Waals surface area contributed by atoms with E-state index in [1.54, 1.807) is 42.5 Å². The molecule has 1 heterocycles. The lowest BCUT2D eigenvalue weighted by Crippen LogP contribution is -2.29. The first-order chi connectivity index (χ1) is 14.5. The number of benzene rings is 3. The van der Waals surface area contributed by atoms with E-state index < -0.39 is 9.84 Å². The zero-order chi connectivity index (χ0) is 21.1. The maximum Gasteiger partial charge on any atom is 0.251 e. The molecule has 0 atom stereocenters. The number of aromatic nitrogens is 2. The Morgan fingerprint density at radius 2 is 1.63 bits per heavy atom. The molecular weight excluding hydrogens is 398 g/mol. The number of sulfone groups is 1. The maximum absolute atomic E-state index is 12.5. The molecule has 1 amide bonds. The number of imidazole rings is 1. The molecule has 0 spiro atoms. The van der Waals surface area contributed by atoms with Gasteiger partial charge in [-0.15, -0.1) is 0 Å². The molecule has 7 heteroatoms. The number of carbonyl (C=O) groups is 1. The van der Waals surface area contributed by atoms with E-state index in [1.807, 2.05) is 47.9 Å². The van der Waals surface area contributed by atoms with Gasteiger partial charge in [-0.3, -0.25) is 9.36 Å². The van der Waals surface area contributed by atoms with Crippen molar-refractivity contribution in [3.05, 3.63) is 90.3 Å². The van der Waals surface area contributed by atoms with Gasteiger partial charge in [0.2, 0.25) is 0 Å². The van der Waals surface area contributed by atoms with E-state index in [2.05, 4.69) is 10.3 Å². The molecule has 30 heavy (non-hydrogen) atoms. The lowest BCUT2D eigenvalue weighted by Gasteiger charge is -2.08. The highest BCUT2D eigenvalue weighted by atomic mass is 32.2. The van der Waals surface area contributed by atoms with E-state index in [0.717, 1.165) is 17.0 Å². The summed E-state index contributed by atoms with van der Waals surface area (Å²) in [6.07, 6.45) is 0. The Morgan fingerprint density at radius 1 is 0.967 bits per heavy atom. The van der Waals surface area contributed by atoms with E-state index in [9.17, 15) is 13.2 Å². The maximum atomic E-state index is 12.5. The Morgan fingerprint density at radius 3 is 2.33 bits per heavy atom. The van der Waals surface area contributed by atoms with Crippen LogP contribution >= 0.6 is 0 Å². The van der Waals surface area contributed by atoms with Crippen molar-refractivity contribution in [1.29, 1.82) is 0 Å². The van der Waals surface area contributed by atoms with Gasteiger partial charge in [0.25, 0.3) is 5.91 Å². The van der Waals surface area contributed by atoms with Crippen LogP contribution in [0.5, 0.6) is 0 Å². The summed E-state index contributed by atoms with van der Waals surface area (Å²) in [6, 6.07) is 23.4. The van der Waals surface area contributed by atoms with Crippen LogP contribution in [-0.2, 0) is 9.84 Å². The summed E-state index contributed by atoms with van der Waals surface area (Å²) in [5, 5.41) is 2.69. The van der Waals surface area contributed by atoms with Gasteiger partial charge in [-0.05, 0) is 49.4 Å². The van der Waals surface area contributed by atoms with Gasteiger partial charge in [-0.1, -0.05) is 36.4 Å². The number of hydrogen-bond donors (Lipinski definition) is 1. The molecule has 1 N–H and O–H groups in total. The van der Waals surface area contributed by atoms with Crippen molar-refractivity contribution >= 4 is 26.8 Å². The summed E-state index contributed by atoms with van der Waals surface area (Å²) in [7, 11) is -3.44. The quantitative estimate of drug-likeness (QED) is 0.518. The first-order valence-electron chi connectivity index (χ1n) is 9.56. The van der Waals surface area contributed by atoms with Crippen LogP contribution in [0, 0.1) is 6.92 Å². The zero-order valence-corrected chi connectivity index (χ0v) is 17.3. The number of nitrogens with one attached hydrogen (secondary N) is 1. The van der Waals surface area contributed by atoms with Gasteiger partial charge in [0.15, 0.2) is 9.84 Å². The lowest BCUT2D eigenvalue weighted by molar-refractivity contribution is 0.0956. The summed E-state index contributed by atoms with van der Waals surface area (Å²) in [4.78, 5) is 17.4. The molecule has 4 aromatic rings. The molecule has 152 valence electrons. The van der Waals surface area contributed by atoms with Gasteiger partial charge >= 0.3 is 0 Å². The predicted octanol–water partition coefficient (Wildman–Crippen LogP) is 3.54. The summed E-state index contributed by atoms with van der Waals surface area (Å²) in [5.41, 5.74) is 3.06. The number of rotatable bonds is 6. The van der Waals surface area contributed by atoms with Crippen LogP contribution in [-0.4, -0.2) is 36.2 Å². The number of nitrogens with zero attached hydrogens (tertiary/aromatic N) is 2. The molecule has 3 aromatic carbocycles. The molecule has 0 aliphatic carbocycles. The van der Waals surface area contributed by atoms with Gasteiger partial charge in [-0.25, -0.2) is 13.4 Å². The molecule has 1 aromatic heterocycles. The molecule has 0 saturated heterocycles. The summed E-state index contributed by atoms with van der Waals surface area (Å²) in [6.45, 7) is 1.95. The van der Waals surface area contributed by atoms with Crippen LogP contribution < -0.4 is 5.32 Å². The largest absolute Gasteiger partial charge is 0.351 e. The van der Waals surface area contributed by atoms with Crippen LogP contribution in [0.15, 0.2) is 83.8 Å². The van der Waals surface area contributed by atoms with Gasteiger partial charge in [-0.2, -0.15) is 0 Å². The number of amides is 1. The van der Waals surface area contributed by atoms with Crippen LogP contribution in [0.1, 0.15) is 16.2 Å². The van der Waals surface area contributed by atoms with E-state index in [1.165, 1.54) is 0 Å². The number of para-hydroxylation sites is 1. The fraction of sp³-hybridized carbons (Fsp3) is 0.130. The molecular formula is C23H21N3O3S. The monoisotopic (exact) mass is 419 g/mol. The SMILES string of the molecule is Cc1nc2cc(C(=O)NCCS(=O)(=O)c3ccccc3)ccc2n1-c1ccccc1. The van der Waals surface area contributed by atoms with Gasteiger partial charge in [0.1, 0.15) is 5.82 Å². The standard InChI is InChI=1S/C23H21N3O3S/c1-17-25-21-16-18(12-13-22(21)26(17)19-8-4-2-5-9-19)23(27)24-14-15-30(28,29)20-10-6-3-7-11-20/h2-13,16H,14-15H2,1H3,(H,24,27). The van der Waals surface area contributed by atoms with Crippen molar-refractivity contribution in [3.8, 4) is 5.69 Å². The molecule has 0 aliphatic rings. The Balaban J connectivity index is 1.49. The van der Waals surface area contributed by atoms with E-state index in [4.69, 9.17) is 0 Å². The highest BCUT2D eigenvalue weighted by Gasteiger charge is 2.16. The molecule has 0 saturated carbocycles. The first kappa shape index (κ1) is 19.8. The third-order valence-corrected chi connectivity index (χ3v) is 6.59. The minimum absolute atomic E-state index is 0.0333. The third kappa shape index (κ3) is 3.97. The smallest absolute Gasteiger partial charge is 0.251 e. The number of hydrogen-bond acceptors (Lipinski definition) is 4. The van der Waals surface area contributed by atoms with Crippen molar-refractivity contribution in [2.75, 3.05) is 12.3 Å². The van der Waals surface area contributed by atoms with Gasteiger partial charge < -0.3 is 5.32 Å². The van der Waals surface area contributed by atoms with Crippen molar-refractivity contribution in [3.63, 3.8) is 0 Å². The Bertz CT molecular complexity index is 1300. The minimum Gasteiger partial charge on any atom is -0.351 e. The Kier molecular flexibility index (Phi) is 5.37. The molecule has 4 rings (SSSR count). The van der Waals surface area contributed by atoms with Crippen molar-refractivity contribution in [2.24, 2.45) is 0 Å². The van der Waals surface area contributed by atoms with E-state index in [-0.39, 0.29) is 23.1 Å². The number of fused-ring (bicyclic) bond motifs is 1. The van der Waals surface area contributed by atoms with E-state index >= 15 is 0 Å². The second-order valence-electron chi connectivity index (χ2n) is 6.92. The second kappa shape index (κ2) is 8.12. The molecule has 0 fully saturated rings. The normalized spacial score (nSPS) is 11.5. The third-order valence-electron chi connectivity index (χ3n) is 4.86. The summed E-state index contributed by atoms with van der Waals surface area (Å²) < 4.78 is 26.7. The van der Waals surface area contributed by atoms with E-state index in [0.29, 0.717) is 11.1 Å². The van der Waals surface area contributed by atoms with Crippen LogP contribution in [0.25, 0.3) is 16.7 Å². The molecule has 0 unspecified atom stereocenters. The van der Waals surface area contributed by atoms with Crippen LogP contribution in [0.4, 0.5) is 0 Å². The first-order valence-corrected chi connectivity index (χ1v) is 11.2. The van der Waals surface area contributed by atoms with Crippen LogP contribution in [0.3, 0.4) is 0 Å². The Hall–Kier alpha value is -3.45. The highest BCUT2D eigenvalue weighted by molar-refractivity contribution is 7.91. The summed E-state index contributed by atoms with van der Waals surface area (Å²) >= 11 is 0. The van der Waals surface area contributed by atoms with Crippen molar-refractivity contribution in [1.82, 2.24) is 14.9 Å². The fourth-order valence-corrected chi connectivity index (χ4v) is 4.57. The van der Waals surface area contributed by atoms with Crippen molar-refractivity contribution < 1.29 is 13.2 Å².